The second-order valence-electron chi connectivity index (χ2n) is 8.99. The highest BCUT2D eigenvalue weighted by molar-refractivity contribution is 6.06. The molecule has 0 bridgehead atoms. The van der Waals surface area contributed by atoms with Crippen LogP contribution >= 0.6 is 0 Å². The molecule has 3 aromatic carbocycles. The molecular weight excluding hydrogens is 509 g/mol. The van der Waals surface area contributed by atoms with E-state index in [1.165, 1.54) is 12.1 Å². The van der Waals surface area contributed by atoms with E-state index in [2.05, 4.69) is 25.7 Å². The van der Waals surface area contributed by atoms with Gasteiger partial charge in [-0.3, -0.25) is 9.48 Å². The molecular formula is C28H23F3N6O2. The molecule has 0 spiro atoms. The number of alkyl halides is 3. The van der Waals surface area contributed by atoms with Crippen LogP contribution in [0.2, 0.25) is 0 Å². The molecule has 2 heterocycles. The Labute approximate surface area is 221 Å². The first-order chi connectivity index (χ1) is 18.5. The van der Waals surface area contributed by atoms with Gasteiger partial charge in [-0.1, -0.05) is 12.1 Å². The molecule has 198 valence electrons. The molecule has 0 atom stereocenters. The normalized spacial score (nSPS) is 11.5. The van der Waals surface area contributed by atoms with Gasteiger partial charge in [0.2, 0.25) is 5.95 Å². The van der Waals surface area contributed by atoms with Crippen molar-refractivity contribution in [2.75, 3.05) is 17.7 Å². The van der Waals surface area contributed by atoms with Crippen LogP contribution in [0.15, 0.2) is 67.1 Å². The number of carbonyl (C=O) groups excluding carboxylic acids is 1. The molecule has 5 aromatic rings. The molecule has 1 amide bonds. The number of aromatic hydroxyl groups is 1. The largest absolute Gasteiger partial charge is 0.507 e. The molecule has 3 N–H and O–H groups in total. The van der Waals surface area contributed by atoms with Gasteiger partial charge in [-0.2, -0.15) is 18.3 Å². The molecule has 0 saturated heterocycles. The maximum absolute atomic E-state index is 13.1. The number of amides is 1. The van der Waals surface area contributed by atoms with Gasteiger partial charge in [-0.25, -0.2) is 9.97 Å². The van der Waals surface area contributed by atoms with E-state index in [-0.39, 0.29) is 17.0 Å². The zero-order valence-electron chi connectivity index (χ0n) is 21.1. The van der Waals surface area contributed by atoms with Crippen molar-refractivity contribution in [1.29, 1.82) is 0 Å². The number of phenolic OH excluding ortho intramolecular Hbond substituents is 1. The first-order valence-electron chi connectivity index (χ1n) is 11.8. The molecule has 2 aromatic heterocycles. The molecule has 0 radical (unpaired) electrons. The lowest BCUT2D eigenvalue weighted by atomic mass is 9.92. The smallest absolute Gasteiger partial charge is 0.416 e. The van der Waals surface area contributed by atoms with E-state index in [0.29, 0.717) is 39.1 Å². The second kappa shape index (κ2) is 9.75. The minimum Gasteiger partial charge on any atom is -0.507 e. The summed E-state index contributed by atoms with van der Waals surface area (Å²) in [6.45, 7) is 1.83. The number of nitrogens with one attached hydrogen (secondary N) is 2. The SMILES string of the molecule is CNc1ncc2cc(-c3cc(C(=O)Nc4cccc(C(F)(F)F)c4)ccc3C)c(O)c(-c3cnn(C)c3)c2n1. The zero-order chi connectivity index (χ0) is 27.9. The molecule has 0 aliphatic heterocycles. The van der Waals surface area contributed by atoms with Crippen LogP contribution < -0.4 is 10.6 Å². The fraction of sp³-hybridized carbons (Fsp3) is 0.143. The lowest BCUT2D eigenvalue weighted by Gasteiger charge is -2.16. The summed E-state index contributed by atoms with van der Waals surface area (Å²) >= 11 is 0. The topological polar surface area (TPSA) is 105 Å². The zero-order valence-corrected chi connectivity index (χ0v) is 21.1. The van der Waals surface area contributed by atoms with E-state index >= 15 is 0 Å². The predicted octanol–water partition coefficient (Wildman–Crippen LogP) is 6.02. The number of hydrogen-bond donors (Lipinski definition) is 3. The maximum atomic E-state index is 13.1. The monoisotopic (exact) mass is 532 g/mol. The number of fused-ring (bicyclic) bond motifs is 1. The van der Waals surface area contributed by atoms with Crippen LogP contribution in [-0.4, -0.2) is 37.8 Å². The predicted molar refractivity (Wildman–Crippen MR) is 143 cm³/mol. The molecule has 0 saturated carbocycles. The number of rotatable bonds is 5. The first kappa shape index (κ1) is 25.7. The Kier molecular flexibility index (Phi) is 6.43. The molecule has 8 nitrogen and oxygen atoms in total. The highest BCUT2D eigenvalue weighted by Gasteiger charge is 2.30. The fourth-order valence-electron chi connectivity index (χ4n) is 4.35. The molecule has 0 aliphatic rings. The summed E-state index contributed by atoms with van der Waals surface area (Å²) in [5, 5.41) is 21.8. The Balaban J connectivity index is 1.61. The van der Waals surface area contributed by atoms with Crippen molar-refractivity contribution in [2.45, 2.75) is 13.1 Å². The highest BCUT2D eigenvalue weighted by Crippen LogP contribution is 2.44. The van der Waals surface area contributed by atoms with E-state index in [4.69, 9.17) is 0 Å². The van der Waals surface area contributed by atoms with Gasteiger partial charge in [0, 0.05) is 54.3 Å². The molecule has 5 rings (SSSR count). The van der Waals surface area contributed by atoms with E-state index < -0.39 is 17.6 Å². The third-order valence-electron chi connectivity index (χ3n) is 6.30. The van der Waals surface area contributed by atoms with Gasteiger partial charge in [0.05, 0.1) is 22.8 Å². The van der Waals surface area contributed by atoms with Gasteiger partial charge in [-0.15, -0.1) is 0 Å². The number of hydrogen-bond acceptors (Lipinski definition) is 6. The van der Waals surface area contributed by atoms with Crippen molar-refractivity contribution >= 4 is 28.4 Å². The summed E-state index contributed by atoms with van der Waals surface area (Å²) in [5.41, 5.74) is 2.73. The standard InChI is InChI=1S/C28H23F3N6O2/c1-15-7-8-16(26(39)35-20-6-4-5-19(11-20)28(29,30)31)9-21(15)22-10-17-12-33-27(32-2)36-24(17)23(25(22)38)18-13-34-37(3)14-18/h4-14,38H,1-3H3,(H,35,39)(H,32,33,36). The van der Waals surface area contributed by atoms with E-state index in [9.17, 15) is 23.1 Å². The quantitative estimate of drug-likeness (QED) is 0.256. The molecule has 0 aliphatic carbocycles. The Morgan fingerprint density at radius 2 is 1.85 bits per heavy atom. The average Bonchev–Trinajstić information content (AvgIpc) is 3.33. The number of phenols is 1. The summed E-state index contributed by atoms with van der Waals surface area (Å²) < 4.78 is 40.9. The molecule has 11 heteroatoms. The number of aromatic nitrogens is 4. The number of benzene rings is 3. The van der Waals surface area contributed by atoms with Crippen molar-refractivity contribution in [3.8, 4) is 28.0 Å². The van der Waals surface area contributed by atoms with Crippen molar-refractivity contribution < 1.29 is 23.1 Å². The number of halogens is 3. The number of nitrogens with zero attached hydrogens (tertiary/aromatic N) is 4. The minimum absolute atomic E-state index is 0.0156. The van der Waals surface area contributed by atoms with Crippen LogP contribution in [0.4, 0.5) is 24.8 Å². The first-order valence-corrected chi connectivity index (χ1v) is 11.8. The van der Waals surface area contributed by atoms with E-state index in [1.807, 2.05) is 6.92 Å². The lowest BCUT2D eigenvalue weighted by molar-refractivity contribution is -0.137. The summed E-state index contributed by atoms with van der Waals surface area (Å²) in [7, 11) is 3.45. The Morgan fingerprint density at radius 1 is 1.05 bits per heavy atom. The van der Waals surface area contributed by atoms with Crippen molar-refractivity contribution in [3.05, 3.63) is 83.8 Å². The second-order valence-corrected chi connectivity index (χ2v) is 8.99. The lowest BCUT2D eigenvalue weighted by Crippen LogP contribution is -2.13. The molecule has 39 heavy (non-hydrogen) atoms. The van der Waals surface area contributed by atoms with Crippen LogP contribution in [0.3, 0.4) is 0 Å². The van der Waals surface area contributed by atoms with Crippen LogP contribution in [0.25, 0.3) is 33.2 Å². The van der Waals surface area contributed by atoms with E-state index in [1.54, 1.807) is 61.6 Å². The number of aryl methyl sites for hydroxylation is 2. The third-order valence-corrected chi connectivity index (χ3v) is 6.30. The van der Waals surface area contributed by atoms with Crippen molar-refractivity contribution in [2.24, 2.45) is 7.05 Å². The summed E-state index contributed by atoms with van der Waals surface area (Å²) in [6, 6.07) is 11.0. The van der Waals surface area contributed by atoms with Gasteiger partial charge >= 0.3 is 6.18 Å². The average molecular weight is 533 g/mol. The van der Waals surface area contributed by atoms with Gasteiger partial charge in [0.25, 0.3) is 5.91 Å². The van der Waals surface area contributed by atoms with Gasteiger partial charge in [0.1, 0.15) is 5.75 Å². The van der Waals surface area contributed by atoms with Gasteiger partial charge in [0.15, 0.2) is 0 Å². The van der Waals surface area contributed by atoms with Crippen molar-refractivity contribution in [1.82, 2.24) is 19.7 Å². The maximum Gasteiger partial charge on any atom is 0.416 e. The Bertz CT molecular complexity index is 1730. The van der Waals surface area contributed by atoms with Gasteiger partial charge < -0.3 is 15.7 Å². The molecule has 0 fully saturated rings. The summed E-state index contributed by atoms with van der Waals surface area (Å²) in [4.78, 5) is 21.9. The fourth-order valence-corrected chi connectivity index (χ4v) is 4.35. The highest BCUT2D eigenvalue weighted by atomic mass is 19.4. The third kappa shape index (κ3) is 4.98. The minimum atomic E-state index is -4.53. The van der Waals surface area contributed by atoms with Crippen LogP contribution in [0.5, 0.6) is 5.75 Å². The Hall–Kier alpha value is -4.93. The summed E-state index contributed by atoms with van der Waals surface area (Å²) in [6.07, 6.45) is 0.474. The van der Waals surface area contributed by atoms with Gasteiger partial charge in [-0.05, 0) is 54.4 Å². The van der Waals surface area contributed by atoms with Crippen LogP contribution in [0.1, 0.15) is 21.5 Å². The Morgan fingerprint density at radius 3 is 2.54 bits per heavy atom. The van der Waals surface area contributed by atoms with E-state index in [0.717, 1.165) is 17.7 Å². The van der Waals surface area contributed by atoms with Crippen molar-refractivity contribution in [3.63, 3.8) is 0 Å². The molecule has 0 unspecified atom stereocenters. The van der Waals surface area contributed by atoms with Crippen LogP contribution in [0, 0.1) is 6.92 Å². The number of carbonyl (C=O) groups is 1. The number of anilines is 2. The van der Waals surface area contributed by atoms with Crippen LogP contribution in [-0.2, 0) is 13.2 Å². The summed E-state index contributed by atoms with van der Waals surface area (Å²) in [5.74, 6) is -0.274.